The van der Waals surface area contributed by atoms with Crippen LogP contribution >= 0.6 is 0 Å². The van der Waals surface area contributed by atoms with E-state index in [2.05, 4.69) is 31.3 Å². The number of carbonyl (C=O) groups excluding carboxylic acids is 1. The average molecular weight is 602 g/mol. The van der Waals surface area contributed by atoms with Crippen molar-refractivity contribution in [3.8, 4) is 0 Å². The number of nitrogens with one attached hydrogen (secondary N) is 1. The first-order chi connectivity index (χ1) is 20.3. The highest BCUT2D eigenvalue weighted by Gasteiger charge is 2.44. The minimum atomic E-state index is -1.55. The molecule has 6 N–H and O–H groups in total. The van der Waals surface area contributed by atoms with Gasteiger partial charge in [-0.3, -0.25) is 4.79 Å². The van der Waals surface area contributed by atoms with Crippen molar-refractivity contribution in [2.75, 3.05) is 13.2 Å². The third kappa shape index (κ3) is 17.3. The van der Waals surface area contributed by atoms with Crippen molar-refractivity contribution in [2.24, 2.45) is 0 Å². The zero-order valence-corrected chi connectivity index (χ0v) is 26.5. The molecule has 42 heavy (non-hydrogen) atoms. The molecule has 0 spiro atoms. The minimum Gasteiger partial charge on any atom is -0.394 e. The maximum absolute atomic E-state index is 12.7. The Labute approximate surface area is 255 Å². The molecule has 248 valence electrons. The monoisotopic (exact) mass is 601 g/mol. The van der Waals surface area contributed by atoms with Crippen molar-refractivity contribution in [2.45, 2.75) is 179 Å². The topological polar surface area (TPSA) is 149 Å². The van der Waals surface area contributed by atoms with Crippen LogP contribution in [0.4, 0.5) is 0 Å². The molecule has 1 saturated heterocycles. The highest BCUT2D eigenvalue weighted by Crippen LogP contribution is 2.22. The van der Waals surface area contributed by atoms with Crippen LogP contribution in [0, 0.1) is 0 Å². The fraction of sp³-hybridized carbons (Fsp3) is 0.909. The van der Waals surface area contributed by atoms with Crippen molar-refractivity contribution < 1.29 is 39.8 Å². The van der Waals surface area contributed by atoms with Crippen molar-refractivity contribution in [1.29, 1.82) is 0 Å². The third-order valence-corrected chi connectivity index (χ3v) is 8.12. The van der Waals surface area contributed by atoms with Crippen LogP contribution < -0.4 is 5.32 Å². The Kier molecular flexibility index (Phi) is 23.4. The Bertz CT molecular complexity index is 676. The lowest BCUT2D eigenvalue weighted by atomic mass is 9.99. The van der Waals surface area contributed by atoms with Crippen molar-refractivity contribution >= 4 is 5.91 Å². The second-order valence-electron chi connectivity index (χ2n) is 12.0. The van der Waals surface area contributed by atoms with Crippen LogP contribution in [-0.4, -0.2) is 87.5 Å². The maximum Gasteiger partial charge on any atom is 0.220 e. The average Bonchev–Trinajstić information content (AvgIpc) is 2.98. The molecule has 1 aliphatic rings. The molecule has 0 aliphatic carbocycles. The summed E-state index contributed by atoms with van der Waals surface area (Å²) in [5, 5.41) is 53.4. The van der Waals surface area contributed by atoms with Gasteiger partial charge in [-0.1, -0.05) is 103 Å². The molecule has 9 heteroatoms. The summed E-state index contributed by atoms with van der Waals surface area (Å²) in [5.41, 5.74) is 0. The molecule has 0 aromatic heterocycles. The first kappa shape index (κ1) is 39.0. The number of hydrogen-bond acceptors (Lipinski definition) is 8. The summed E-state index contributed by atoms with van der Waals surface area (Å²) in [7, 11) is 0. The van der Waals surface area contributed by atoms with Crippen LogP contribution in [-0.2, 0) is 14.3 Å². The van der Waals surface area contributed by atoms with Gasteiger partial charge in [-0.2, -0.15) is 0 Å². The van der Waals surface area contributed by atoms with Gasteiger partial charge in [0, 0.05) is 6.42 Å². The predicted octanol–water partition coefficient (Wildman–Crippen LogP) is 4.66. The molecule has 7 atom stereocenters. The second kappa shape index (κ2) is 25.3. The molecule has 1 heterocycles. The van der Waals surface area contributed by atoms with Gasteiger partial charge in [0.25, 0.3) is 0 Å². The van der Waals surface area contributed by atoms with Crippen LogP contribution in [0.15, 0.2) is 12.2 Å². The van der Waals surface area contributed by atoms with E-state index in [9.17, 15) is 30.3 Å². The van der Waals surface area contributed by atoms with Gasteiger partial charge in [-0.25, -0.2) is 0 Å². The molecule has 0 bridgehead atoms. The molecule has 7 unspecified atom stereocenters. The number of ether oxygens (including phenoxy) is 2. The number of unbranched alkanes of at least 4 members (excludes halogenated alkanes) is 14. The van der Waals surface area contributed by atoms with Crippen LogP contribution in [0.1, 0.15) is 136 Å². The number of amides is 1. The van der Waals surface area contributed by atoms with Crippen molar-refractivity contribution in [3.05, 3.63) is 12.2 Å². The summed E-state index contributed by atoms with van der Waals surface area (Å²) < 4.78 is 11.1. The van der Waals surface area contributed by atoms with Gasteiger partial charge in [0.15, 0.2) is 6.29 Å². The predicted molar refractivity (Wildman–Crippen MR) is 166 cm³/mol. The number of aliphatic hydroxyl groups is 5. The number of hydrogen-bond donors (Lipinski definition) is 6. The molecule has 1 rings (SSSR count). The number of aliphatic hydroxyl groups excluding tert-OH is 5. The molecule has 0 radical (unpaired) electrons. The number of rotatable bonds is 26. The highest BCUT2D eigenvalue weighted by molar-refractivity contribution is 5.76. The normalized spacial score (nSPS) is 24.2. The molecule has 9 nitrogen and oxygen atoms in total. The summed E-state index contributed by atoms with van der Waals surface area (Å²) in [6.45, 7) is 3.66. The fourth-order valence-electron chi connectivity index (χ4n) is 5.27. The summed E-state index contributed by atoms with van der Waals surface area (Å²) in [6.07, 6.45) is 17.1. The van der Waals surface area contributed by atoms with Gasteiger partial charge in [0.1, 0.15) is 24.4 Å². The van der Waals surface area contributed by atoms with E-state index in [1.165, 1.54) is 51.4 Å². The summed E-state index contributed by atoms with van der Waals surface area (Å²) in [5.74, 6) is -0.164. The van der Waals surface area contributed by atoms with Gasteiger partial charge in [0.2, 0.25) is 5.91 Å². The van der Waals surface area contributed by atoms with Crippen molar-refractivity contribution in [3.63, 3.8) is 0 Å². The lowest BCUT2D eigenvalue weighted by Crippen LogP contribution is -2.60. The molecule has 1 aliphatic heterocycles. The molecule has 0 saturated carbocycles. The van der Waals surface area contributed by atoms with E-state index >= 15 is 0 Å². The Morgan fingerprint density at radius 2 is 1.33 bits per heavy atom. The molecule has 1 amide bonds. The molecule has 0 aromatic rings. The van der Waals surface area contributed by atoms with E-state index in [0.29, 0.717) is 12.8 Å². The third-order valence-electron chi connectivity index (χ3n) is 8.12. The van der Waals surface area contributed by atoms with Gasteiger partial charge < -0.3 is 40.3 Å². The first-order valence-corrected chi connectivity index (χ1v) is 16.9. The lowest BCUT2D eigenvalue weighted by molar-refractivity contribution is -0.302. The van der Waals surface area contributed by atoms with E-state index in [1.807, 2.05) is 0 Å². The summed E-state index contributed by atoms with van der Waals surface area (Å²) in [6, 6.07) is -0.713. The molecule has 0 aromatic carbocycles. The van der Waals surface area contributed by atoms with Crippen LogP contribution in [0.25, 0.3) is 0 Å². The van der Waals surface area contributed by atoms with E-state index in [-0.39, 0.29) is 12.5 Å². The van der Waals surface area contributed by atoms with E-state index in [1.54, 1.807) is 0 Å². The lowest BCUT2D eigenvalue weighted by Gasteiger charge is -2.40. The van der Waals surface area contributed by atoms with Gasteiger partial charge in [-0.15, -0.1) is 0 Å². The number of carbonyl (C=O) groups is 1. The second-order valence-corrected chi connectivity index (χ2v) is 12.0. The van der Waals surface area contributed by atoms with E-state index < -0.39 is 49.5 Å². The SMILES string of the molecule is CCCCCCCC/C=C\CCCCCCCC(=O)NC(COC1OC(CO)C(O)C(O)C1O)C(O)CCCCCC. The van der Waals surface area contributed by atoms with Crippen LogP contribution in [0.2, 0.25) is 0 Å². The van der Waals surface area contributed by atoms with E-state index in [0.717, 1.165) is 57.8 Å². The zero-order chi connectivity index (χ0) is 31.0. The van der Waals surface area contributed by atoms with Gasteiger partial charge in [0.05, 0.1) is 25.4 Å². The van der Waals surface area contributed by atoms with Crippen LogP contribution in [0.5, 0.6) is 0 Å². The first-order valence-electron chi connectivity index (χ1n) is 16.9. The van der Waals surface area contributed by atoms with Crippen molar-refractivity contribution in [1.82, 2.24) is 5.32 Å². The summed E-state index contributed by atoms with van der Waals surface area (Å²) in [4.78, 5) is 12.7. The van der Waals surface area contributed by atoms with Crippen LogP contribution in [0.3, 0.4) is 0 Å². The zero-order valence-electron chi connectivity index (χ0n) is 26.5. The minimum absolute atomic E-state index is 0.143. The molecular formula is C33H63NO8. The fourth-order valence-corrected chi connectivity index (χ4v) is 5.27. The Balaban J connectivity index is 2.35. The standard InChI is InChI=1S/C33H63NO8/c1-3-5-7-9-10-11-12-13-14-15-16-17-18-19-21-23-29(37)34-26(27(36)22-20-8-6-4-2)25-41-33-32(40)31(39)30(38)28(24-35)42-33/h13-14,26-28,30-33,35-36,38-40H,3-12,15-25H2,1-2H3,(H,34,37)/b14-13-. The highest BCUT2D eigenvalue weighted by atomic mass is 16.7. The largest absolute Gasteiger partial charge is 0.394 e. The van der Waals surface area contributed by atoms with Gasteiger partial charge >= 0.3 is 0 Å². The smallest absolute Gasteiger partial charge is 0.220 e. The van der Waals surface area contributed by atoms with Gasteiger partial charge in [-0.05, 0) is 38.5 Å². The number of allylic oxidation sites excluding steroid dienone is 2. The Hall–Kier alpha value is -1.07. The Morgan fingerprint density at radius 3 is 1.93 bits per heavy atom. The maximum atomic E-state index is 12.7. The molecular weight excluding hydrogens is 538 g/mol. The quantitative estimate of drug-likeness (QED) is 0.0620. The summed E-state index contributed by atoms with van der Waals surface area (Å²) >= 11 is 0. The Morgan fingerprint density at radius 1 is 0.786 bits per heavy atom. The molecule has 1 fully saturated rings. The van der Waals surface area contributed by atoms with E-state index in [4.69, 9.17) is 9.47 Å².